The number of likely N-dealkylation sites (tertiary alicyclic amines) is 1. The Morgan fingerprint density at radius 1 is 1.00 bits per heavy atom. The molecule has 0 spiro atoms. The van der Waals surface area contributed by atoms with Crippen LogP contribution in [0.4, 0.5) is 0 Å². The van der Waals surface area contributed by atoms with E-state index in [9.17, 15) is 9.59 Å². The van der Waals surface area contributed by atoms with E-state index < -0.39 is 0 Å². The first-order chi connectivity index (χ1) is 14.0. The van der Waals surface area contributed by atoms with E-state index in [0.717, 1.165) is 32.5 Å². The molecule has 0 bridgehead atoms. The number of nitrogens with one attached hydrogen (secondary N) is 2. The van der Waals surface area contributed by atoms with Crippen LogP contribution in [0.25, 0.3) is 0 Å². The van der Waals surface area contributed by atoms with Crippen LogP contribution < -0.4 is 10.9 Å². The summed E-state index contributed by atoms with van der Waals surface area (Å²) in [5.74, 6) is 0.997. The summed E-state index contributed by atoms with van der Waals surface area (Å²) >= 11 is 0. The number of carbonyl (C=O) groups is 2. The second-order valence-corrected chi connectivity index (χ2v) is 8.34. The van der Waals surface area contributed by atoms with E-state index in [2.05, 4.69) is 42.0 Å². The van der Waals surface area contributed by atoms with Crippen LogP contribution in [0.3, 0.4) is 0 Å². The minimum atomic E-state index is -0.0136. The SMILES string of the molecule is CC(=O)c1cccc(C(=O)N2CCC(C3NNCC3c3cccc(C)c3)CC2)c1. The third-order valence-corrected chi connectivity index (χ3v) is 6.35. The molecule has 2 aliphatic heterocycles. The highest BCUT2D eigenvalue weighted by Crippen LogP contribution is 2.33. The fourth-order valence-electron chi connectivity index (χ4n) is 4.70. The van der Waals surface area contributed by atoms with Gasteiger partial charge in [0.25, 0.3) is 5.91 Å². The smallest absolute Gasteiger partial charge is 0.253 e. The van der Waals surface area contributed by atoms with Crippen molar-refractivity contribution in [2.24, 2.45) is 5.92 Å². The Bertz CT molecular complexity index is 903. The third kappa shape index (κ3) is 4.26. The minimum absolute atomic E-state index is 0.0136. The van der Waals surface area contributed by atoms with Gasteiger partial charge in [-0.15, -0.1) is 0 Å². The fourth-order valence-corrected chi connectivity index (χ4v) is 4.70. The molecule has 0 radical (unpaired) electrons. The maximum atomic E-state index is 12.9. The largest absolute Gasteiger partial charge is 0.339 e. The zero-order valence-electron chi connectivity index (χ0n) is 17.2. The highest BCUT2D eigenvalue weighted by Gasteiger charge is 2.37. The normalized spacial score (nSPS) is 22.6. The number of carbonyl (C=O) groups excluding carboxylic acids is 2. The first-order valence-corrected chi connectivity index (χ1v) is 10.5. The molecule has 2 aliphatic rings. The summed E-state index contributed by atoms with van der Waals surface area (Å²) in [7, 11) is 0. The molecular formula is C24H29N3O2. The maximum Gasteiger partial charge on any atom is 0.253 e. The average Bonchev–Trinajstić information content (AvgIpc) is 3.23. The summed E-state index contributed by atoms with van der Waals surface area (Å²) < 4.78 is 0. The molecular weight excluding hydrogens is 362 g/mol. The van der Waals surface area contributed by atoms with Gasteiger partial charge in [0.2, 0.25) is 0 Å². The van der Waals surface area contributed by atoms with Crippen molar-refractivity contribution < 1.29 is 9.59 Å². The third-order valence-electron chi connectivity index (χ3n) is 6.35. The number of benzene rings is 2. The van der Waals surface area contributed by atoms with Crippen LogP contribution in [0.15, 0.2) is 48.5 Å². The van der Waals surface area contributed by atoms with E-state index in [4.69, 9.17) is 0 Å². The van der Waals surface area contributed by atoms with Gasteiger partial charge in [0.15, 0.2) is 5.78 Å². The Balaban J connectivity index is 1.41. The molecule has 2 N–H and O–H groups in total. The zero-order valence-corrected chi connectivity index (χ0v) is 17.2. The number of ketones is 1. The van der Waals surface area contributed by atoms with Crippen molar-refractivity contribution in [1.82, 2.24) is 15.8 Å². The van der Waals surface area contributed by atoms with Crippen LogP contribution in [0.2, 0.25) is 0 Å². The molecule has 0 aliphatic carbocycles. The predicted molar refractivity (Wildman–Crippen MR) is 114 cm³/mol. The van der Waals surface area contributed by atoms with E-state index in [1.54, 1.807) is 24.3 Å². The molecule has 2 saturated heterocycles. The van der Waals surface area contributed by atoms with Gasteiger partial charge in [-0.2, -0.15) is 0 Å². The second-order valence-electron chi connectivity index (χ2n) is 8.34. The van der Waals surface area contributed by atoms with E-state index in [1.165, 1.54) is 18.1 Å². The summed E-state index contributed by atoms with van der Waals surface area (Å²) in [6, 6.07) is 16.2. The van der Waals surface area contributed by atoms with Crippen LogP contribution in [0.5, 0.6) is 0 Å². The monoisotopic (exact) mass is 391 g/mol. The van der Waals surface area contributed by atoms with Crippen LogP contribution >= 0.6 is 0 Å². The Labute approximate surface area is 172 Å². The molecule has 2 aromatic carbocycles. The minimum Gasteiger partial charge on any atom is -0.339 e. The summed E-state index contributed by atoms with van der Waals surface area (Å²) in [5, 5.41) is 0. The first kappa shape index (κ1) is 19.8. The van der Waals surface area contributed by atoms with Gasteiger partial charge in [0.05, 0.1) is 0 Å². The van der Waals surface area contributed by atoms with Gasteiger partial charge in [-0.05, 0) is 50.3 Å². The van der Waals surface area contributed by atoms with Gasteiger partial charge in [-0.3, -0.25) is 20.4 Å². The lowest BCUT2D eigenvalue weighted by molar-refractivity contribution is 0.0670. The van der Waals surface area contributed by atoms with Crippen molar-refractivity contribution in [2.75, 3.05) is 19.6 Å². The van der Waals surface area contributed by atoms with Gasteiger partial charge in [0, 0.05) is 42.7 Å². The molecule has 2 atom stereocenters. The molecule has 2 aromatic rings. The molecule has 5 heteroatoms. The number of piperidine rings is 1. The lowest BCUT2D eigenvalue weighted by Gasteiger charge is -2.36. The molecule has 1 amide bonds. The number of aryl methyl sites for hydroxylation is 1. The fraction of sp³-hybridized carbons (Fsp3) is 0.417. The van der Waals surface area contributed by atoms with E-state index in [1.807, 2.05) is 4.90 Å². The molecule has 0 aromatic heterocycles. The van der Waals surface area contributed by atoms with E-state index in [0.29, 0.717) is 29.0 Å². The van der Waals surface area contributed by atoms with Gasteiger partial charge in [-0.1, -0.05) is 42.0 Å². The van der Waals surface area contributed by atoms with Crippen LogP contribution in [-0.2, 0) is 0 Å². The number of amides is 1. The average molecular weight is 392 g/mol. The van der Waals surface area contributed by atoms with Crippen molar-refractivity contribution in [3.63, 3.8) is 0 Å². The number of Topliss-reactive ketones (excluding diaryl/α,β-unsaturated/α-hetero) is 1. The van der Waals surface area contributed by atoms with E-state index in [-0.39, 0.29) is 11.7 Å². The Hall–Kier alpha value is -2.50. The Morgan fingerprint density at radius 3 is 2.45 bits per heavy atom. The lowest BCUT2D eigenvalue weighted by Crippen LogP contribution is -2.45. The topological polar surface area (TPSA) is 61.4 Å². The summed E-state index contributed by atoms with van der Waals surface area (Å²) in [5.41, 5.74) is 10.7. The molecule has 5 nitrogen and oxygen atoms in total. The first-order valence-electron chi connectivity index (χ1n) is 10.5. The number of hydrazine groups is 1. The number of rotatable bonds is 4. The molecule has 2 unspecified atom stereocenters. The van der Waals surface area contributed by atoms with Crippen LogP contribution in [0.1, 0.15) is 57.5 Å². The van der Waals surface area contributed by atoms with Gasteiger partial charge in [-0.25, -0.2) is 0 Å². The molecule has 29 heavy (non-hydrogen) atoms. The highest BCUT2D eigenvalue weighted by molar-refractivity contribution is 5.99. The van der Waals surface area contributed by atoms with Gasteiger partial charge < -0.3 is 4.90 Å². The van der Waals surface area contributed by atoms with Crippen LogP contribution in [-0.4, -0.2) is 42.3 Å². The molecule has 152 valence electrons. The van der Waals surface area contributed by atoms with Gasteiger partial charge in [0.1, 0.15) is 0 Å². The van der Waals surface area contributed by atoms with E-state index >= 15 is 0 Å². The van der Waals surface area contributed by atoms with Crippen molar-refractivity contribution >= 4 is 11.7 Å². The highest BCUT2D eigenvalue weighted by atomic mass is 16.2. The molecule has 0 saturated carbocycles. The lowest BCUT2D eigenvalue weighted by atomic mass is 9.80. The molecule has 2 heterocycles. The number of hydrogen-bond acceptors (Lipinski definition) is 4. The Morgan fingerprint density at radius 2 is 1.72 bits per heavy atom. The molecule has 2 fully saturated rings. The summed E-state index contributed by atoms with van der Waals surface area (Å²) in [6.45, 7) is 6.12. The quantitative estimate of drug-likeness (QED) is 0.785. The number of hydrogen-bond donors (Lipinski definition) is 2. The predicted octanol–water partition coefficient (Wildman–Crippen LogP) is 3.31. The summed E-state index contributed by atoms with van der Waals surface area (Å²) in [4.78, 5) is 26.5. The number of nitrogens with zero attached hydrogens (tertiary/aromatic N) is 1. The second kappa shape index (κ2) is 8.47. The Kier molecular flexibility index (Phi) is 5.79. The standard InChI is InChI=1S/C24H29N3O2/c1-16-5-3-7-20(13-16)22-15-25-26-23(22)18-9-11-27(12-10-18)24(29)21-8-4-6-19(14-21)17(2)28/h3-8,13-14,18,22-23,25-26H,9-12,15H2,1-2H3. The van der Waals surface area contributed by atoms with Crippen molar-refractivity contribution in [1.29, 1.82) is 0 Å². The van der Waals surface area contributed by atoms with Crippen molar-refractivity contribution in [2.45, 2.75) is 38.6 Å². The maximum absolute atomic E-state index is 12.9. The van der Waals surface area contributed by atoms with Crippen molar-refractivity contribution in [3.05, 3.63) is 70.8 Å². The van der Waals surface area contributed by atoms with Gasteiger partial charge >= 0.3 is 0 Å². The van der Waals surface area contributed by atoms with Crippen molar-refractivity contribution in [3.8, 4) is 0 Å². The zero-order chi connectivity index (χ0) is 20.4. The molecule has 4 rings (SSSR count). The van der Waals surface area contributed by atoms with Crippen LogP contribution in [0, 0.1) is 12.8 Å². The summed E-state index contributed by atoms with van der Waals surface area (Å²) in [6.07, 6.45) is 1.97.